The predicted molar refractivity (Wildman–Crippen MR) is 62.0 cm³/mol. The predicted octanol–water partition coefficient (Wildman–Crippen LogP) is -0.357. The number of aliphatic carboxylic acids is 1. The Hall–Kier alpha value is -1.04. The molecule has 0 N–H and O–H groups in total. The molecule has 1 amide bonds. The van der Waals surface area contributed by atoms with Gasteiger partial charge in [0.25, 0.3) is 0 Å². The molecule has 1 aliphatic heterocycles. The van der Waals surface area contributed by atoms with E-state index >= 15 is 0 Å². The second kappa shape index (κ2) is 6.05. The van der Waals surface area contributed by atoms with Crippen molar-refractivity contribution in [2.75, 3.05) is 12.3 Å². The standard InChI is InChI=1S/C11H17NO4S/c1-7(6-17-8(2)13)10(14)12-5-3-4-9(12)11(15)16/h7,9H,3-6H2,1-2H3,(H,15,16)/p-1/t7-,9-/m0/s1. The summed E-state index contributed by atoms with van der Waals surface area (Å²) in [5.41, 5.74) is 0. The molecule has 0 aromatic rings. The molecule has 96 valence electrons. The monoisotopic (exact) mass is 258 g/mol. The highest BCUT2D eigenvalue weighted by Gasteiger charge is 2.32. The molecule has 0 spiro atoms. The average Bonchev–Trinajstić information content (AvgIpc) is 2.73. The molecule has 1 heterocycles. The van der Waals surface area contributed by atoms with Crippen LogP contribution in [0.1, 0.15) is 26.7 Å². The zero-order valence-corrected chi connectivity index (χ0v) is 10.8. The topological polar surface area (TPSA) is 77.5 Å². The second-order valence-corrected chi connectivity index (χ2v) is 5.41. The van der Waals surface area contributed by atoms with Crippen LogP contribution >= 0.6 is 11.8 Å². The largest absolute Gasteiger partial charge is 0.548 e. The van der Waals surface area contributed by atoms with E-state index in [1.807, 2.05) is 0 Å². The van der Waals surface area contributed by atoms with Crippen LogP contribution in [0.5, 0.6) is 0 Å². The summed E-state index contributed by atoms with van der Waals surface area (Å²) in [4.78, 5) is 35.0. The van der Waals surface area contributed by atoms with Crippen LogP contribution in [0.25, 0.3) is 0 Å². The van der Waals surface area contributed by atoms with Crippen molar-refractivity contribution in [3.05, 3.63) is 0 Å². The van der Waals surface area contributed by atoms with Crippen molar-refractivity contribution < 1.29 is 19.5 Å². The van der Waals surface area contributed by atoms with Crippen molar-refractivity contribution in [1.82, 2.24) is 4.90 Å². The number of likely N-dealkylation sites (tertiary alicyclic amines) is 1. The summed E-state index contributed by atoms with van der Waals surface area (Å²) in [7, 11) is 0. The molecule has 0 unspecified atom stereocenters. The van der Waals surface area contributed by atoms with Gasteiger partial charge in [-0.15, -0.1) is 0 Å². The molecular formula is C11H16NO4S-. The Balaban J connectivity index is 2.56. The van der Waals surface area contributed by atoms with Gasteiger partial charge < -0.3 is 14.8 Å². The normalized spacial score (nSPS) is 21.3. The first-order valence-corrected chi connectivity index (χ1v) is 6.56. The first kappa shape index (κ1) is 14.0. The SMILES string of the molecule is CC(=O)SC[C@H](C)C(=O)N1CCC[C@H]1C(=O)[O-]. The number of carbonyl (C=O) groups is 3. The maximum atomic E-state index is 12.0. The number of amides is 1. The summed E-state index contributed by atoms with van der Waals surface area (Å²) in [6.45, 7) is 3.62. The summed E-state index contributed by atoms with van der Waals surface area (Å²) in [5, 5.41) is 10.8. The lowest BCUT2D eigenvalue weighted by molar-refractivity contribution is -0.310. The van der Waals surface area contributed by atoms with Crippen LogP contribution in [0.3, 0.4) is 0 Å². The molecule has 0 aromatic carbocycles. The molecule has 1 rings (SSSR count). The summed E-state index contributed by atoms with van der Waals surface area (Å²) >= 11 is 1.09. The first-order valence-electron chi connectivity index (χ1n) is 5.58. The van der Waals surface area contributed by atoms with Crippen LogP contribution in [0.2, 0.25) is 0 Å². The second-order valence-electron chi connectivity index (χ2n) is 4.21. The van der Waals surface area contributed by atoms with Gasteiger partial charge in [-0.2, -0.15) is 0 Å². The third kappa shape index (κ3) is 3.73. The van der Waals surface area contributed by atoms with Gasteiger partial charge in [-0.3, -0.25) is 9.59 Å². The summed E-state index contributed by atoms with van der Waals surface area (Å²) < 4.78 is 0. The van der Waals surface area contributed by atoms with E-state index in [2.05, 4.69) is 0 Å². The van der Waals surface area contributed by atoms with Crippen molar-refractivity contribution in [2.24, 2.45) is 5.92 Å². The van der Waals surface area contributed by atoms with Crippen molar-refractivity contribution in [2.45, 2.75) is 32.7 Å². The summed E-state index contributed by atoms with van der Waals surface area (Å²) in [5.74, 6) is -1.35. The van der Waals surface area contributed by atoms with Gasteiger partial charge in [-0.05, 0) is 12.8 Å². The fraction of sp³-hybridized carbons (Fsp3) is 0.727. The van der Waals surface area contributed by atoms with Crippen LogP contribution in [0, 0.1) is 5.92 Å². The molecule has 1 fully saturated rings. The maximum Gasteiger partial charge on any atom is 0.226 e. The molecule has 0 aromatic heterocycles. The third-order valence-electron chi connectivity index (χ3n) is 2.77. The number of rotatable bonds is 4. The Morgan fingerprint density at radius 3 is 2.65 bits per heavy atom. The molecular weight excluding hydrogens is 242 g/mol. The third-order valence-corrected chi connectivity index (χ3v) is 3.84. The number of nitrogens with zero attached hydrogens (tertiary/aromatic N) is 1. The smallest absolute Gasteiger partial charge is 0.226 e. The van der Waals surface area contributed by atoms with E-state index < -0.39 is 12.0 Å². The van der Waals surface area contributed by atoms with Crippen molar-refractivity contribution in [1.29, 1.82) is 0 Å². The molecule has 0 radical (unpaired) electrons. The molecule has 2 atom stereocenters. The van der Waals surface area contributed by atoms with E-state index in [1.165, 1.54) is 11.8 Å². The molecule has 17 heavy (non-hydrogen) atoms. The lowest BCUT2D eigenvalue weighted by Gasteiger charge is -2.27. The number of hydrogen-bond donors (Lipinski definition) is 0. The quantitative estimate of drug-likeness (QED) is 0.688. The number of carboxylic acids is 1. The fourth-order valence-electron chi connectivity index (χ4n) is 1.87. The Labute approximate surface area is 105 Å². The lowest BCUT2D eigenvalue weighted by atomic mass is 10.1. The Kier molecular flexibility index (Phi) is 4.99. The highest BCUT2D eigenvalue weighted by molar-refractivity contribution is 8.13. The van der Waals surface area contributed by atoms with Gasteiger partial charge in [0.05, 0.1) is 12.0 Å². The minimum atomic E-state index is -1.19. The van der Waals surface area contributed by atoms with Gasteiger partial charge in [0.1, 0.15) is 0 Å². The van der Waals surface area contributed by atoms with Gasteiger partial charge in [-0.1, -0.05) is 18.7 Å². The minimum Gasteiger partial charge on any atom is -0.548 e. The van der Waals surface area contributed by atoms with Crippen LogP contribution in [0.15, 0.2) is 0 Å². The molecule has 5 nitrogen and oxygen atoms in total. The van der Waals surface area contributed by atoms with Crippen molar-refractivity contribution in [3.63, 3.8) is 0 Å². The first-order chi connectivity index (χ1) is 7.93. The molecule has 0 bridgehead atoms. The zero-order chi connectivity index (χ0) is 13.0. The Morgan fingerprint density at radius 1 is 1.47 bits per heavy atom. The van der Waals surface area contributed by atoms with Crippen molar-refractivity contribution in [3.8, 4) is 0 Å². The number of carbonyl (C=O) groups excluding carboxylic acids is 3. The Morgan fingerprint density at radius 2 is 2.12 bits per heavy atom. The van der Waals surface area contributed by atoms with Gasteiger partial charge >= 0.3 is 0 Å². The zero-order valence-electron chi connectivity index (χ0n) is 9.97. The number of carboxylic acid groups (broad SMARTS) is 1. The Bertz CT molecular complexity index is 331. The minimum absolute atomic E-state index is 0.0393. The average molecular weight is 258 g/mol. The summed E-state index contributed by atoms with van der Waals surface area (Å²) in [6.07, 6.45) is 1.15. The summed E-state index contributed by atoms with van der Waals surface area (Å²) in [6, 6.07) is -0.799. The maximum absolute atomic E-state index is 12.0. The number of hydrogen-bond acceptors (Lipinski definition) is 5. The van der Waals surface area contributed by atoms with Crippen LogP contribution in [-0.2, 0) is 14.4 Å². The number of thioether (sulfide) groups is 1. The van der Waals surface area contributed by atoms with E-state index in [4.69, 9.17) is 0 Å². The van der Waals surface area contributed by atoms with E-state index in [0.29, 0.717) is 25.1 Å². The van der Waals surface area contributed by atoms with Crippen LogP contribution in [0.4, 0.5) is 0 Å². The molecule has 0 saturated carbocycles. The molecule has 1 aliphatic rings. The highest BCUT2D eigenvalue weighted by Crippen LogP contribution is 2.21. The van der Waals surface area contributed by atoms with Gasteiger partial charge in [0.2, 0.25) is 5.91 Å². The lowest BCUT2D eigenvalue weighted by Crippen LogP contribution is -2.48. The van der Waals surface area contributed by atoms with Crippen molar-refractivity contribution >= 4 is 28.8 Å². The van der Waals surface area contributed by atoms with Gasteiger partial charge in [0.15, 0.2) is 5.12 Å². The molecule has 1 saturated heterocycles. The van der Waals surface area contributed by atoms with Crippen LogP contribution < -0.4 is 5.11 Å². The van der Waals surface area contributed by atoms with Crippen LogP contribution in [-0.4, -0.2) is 40.2 Å². The van der Waals surface area contributed by atoms with Gasteiger partial charge in [-0.25, -0.2) is 0 Å². The van der Waals surface area contributed by atoms with Gasteiger partial charge in [0, 0.05) is 25.1 Å². The van der Waals surface area contributed by atoms with E-state index in [9.17, 15) is 19.5 Å². The molecule has 6 heteroatoms. The molecule has 0 aliphatic carbocycles. The van der Waals surface area contributed by atoms with E-state index in [1.54, 1.807) is 6.92 Å². The highest BCUT2D eigenvalue weighted by atomic mass is 32.2. The van der Waals surface area contributed by atoms with E-state index in [0.717, 1.165) is 11.8 Å². The van der Waals surface area contributed by atoms with E-state index in [-0.39, 0.29) is 16.9 Å². The fourth-order valence-corrected chi connectivity index (χ4v) is 2.50.